The molecule has 1 aromatic carbocycles. The summed E-state index contributed by atoms with van der Waals surface area (Å²) in [5.74, 6) is -0.303. The van der Waals surface area contributed by atoms with Gasteiger partial charge in [0.05, 0.1) is 35.3 Å². The zero-order chi connectivity index (χ0) is 23.3. The molecule has 3 atom stereocenters. The molecular weight excluding hydrogens is 441 g/mol. The summed E-state index contributed by atoms with van der Waals surface area (Å²) in [5, 5.41) is 4.63. The van der Waals surface area contributed by atoms with Gasteiger partial charge in [0.25, 0.3) is 0 Å². The minimum atomic E-state index is -0.429. The highest BCUT2D eigenvalue weighted by Gasteiger charge is 2.31. The Labute approximate surface area is 196 Å². The lowest BCUT2D eigenvalue weighted by atomic mass is 9.87. The number of rotatable bonds is 3. The Morgan fingerprint density at radius 3 is 2.61 bits per heavy atom. The monoisotopic (exact) mass is 465 g/mol. The van der Waals surface area contributed by atoms with Crippen LogP contribution in [0.2, 0.25) is 5.02 Å². The van der Waals surface area contributed by atoms with Gasteiger partial charge in [0.15, 0.2) is 0 Å². The van der Waals surface area contributed by atoms with Crippen LogP contribution in [0.15, 0.2) is 36.7 Å². The van der Waals surface area contributed by atoms with Gasteiger partial charge in [0.2, 0.25) is 0 Å². The SMILES string of the molecule is Cc1nc2cc([C@H]3C[C@H](C)O[C@@H](c4cnn(C)c4)C3)nc(-c3ccc(Cl)cc3F)c2nc1C. The summed E-state index contributed by atoms with van der Waals surface area (Å²) >= 11 is 6.00. The van der Waals surface area contributed by atoms with E-state index in [1.54, 1.807) is 16.8 Å². The summed E-state index contributed by atoms with van der Waals surface area (Å²) in [6, 6.07) is 6.63. The van der Waals surface area contributed by atoms with Gasteiger partial charge in [-0.25, -0.2) is 19.3 Å². The van der Waals surface area contributed by atoms with Crippen molar-refractivity contribution < 1.29 is 9.13 Å². The number of nitrogens with zero attached hydrogens (tertiary/aromatic N) is 5. The van der Waals surface area contributed by atoms with E-state index in [2.05, 4.69) is 12.0 Å². The van der Waals surface area contributed by atoms with Crippen LogP contribution in [0.5, 0.6) is 0 Å². The standard InChI is InChI=1S/C25H25ClFN5O/c1-13-7-16(8-23(33-13)17-11-28-32(4)12-17)21-10-22-25(30-15(3)14(2)29-22)24(31-21)19-6-5-18(26)9-20(19)27/h5-6,9-13,16,23H,7-8H2,1-4H3/t13-,16-,23+/m0/s1. The third kappa shape index (κ3) is 4.23. The Kier molecular flexibility index (Phi) is 5.62. The Morgan fingerprint density at radius 1 is 1.09 bits per heavy atom. The van der Waals surface area contributed by atoms with Crippen molar-refractivity contribution >= 4 is 22.6 Å². The smallest absolute Gasteiger partial charge is 0.134 e. The molecule has 1 fully saturated rings. The summed E-state index contributed by atoms with van der Waals surface area (Å²) in [6.45, 7) is 5.90. The molecule has 33 heavy (non-hydrogen) atoms. The van der Waals surface area contributed by atoms with Crippen LogP contribution in [0.25, 0.3) is 22.3 Å². The van der Waals surface area contributed by atoms with Crippen molar-refractivity contribution in [2.24, 2.45) is 7.05 Å². The fraction of sp³-hybridized carbons (Fsp3) is 0.360. The average molecular weight is 466 g/mol. The van der Waals surface area contributed by atoms with Crippen molar-refractivity contribution in [3.8, 4) is 11.3 Å². The number of fused-ring (bicyclic) bond motifs is 1. The Morgan fingerprint density at radius 2 is 1.88 bits per heavy atom. The summed E-state index contributed by atoms with van der Waals surface area (Å²) < 4.78 is 23.0. The second kappa shape index (κ2) is 8.47. The first kappa shape index (κ1) is 21.9. The molecule has 0 unspecified atom stereocenters. The maximum Gasteiger partial charge on any atom is 0.134 e. The molecule has 0 amide bonds. The van der Waals surface area contributed by atoms with Gasteiger partial charge in [-0.2, -0.15) is 5.10 Å². The van der Waals surface area contributed by atoms with Crippen molar-refractivity contribution in [2.75, 3.05) is 0 Å². The number of hydrogen-bond donors (Lipinski definition) is 0. The third-order valence-corrected chi connectivity index (χ3v) is 6.53. The predicted molar refractivity (Wildman–Crippen MR) is 126 cm³/mol. The van der Waals surface area contributed by atoms with E-state index in [4.69, 9.17) is 31.3 Å². The Bertz CT molecular complexity index is 1350. The van der Waals surface area contributed by atoms with Gasteiger partial charge in [-0.1, -0.05) is 11.6 Å². The lowest BCUT2D eigenvalue weighted by Crippen LogP contribution is -2.25. The summed E-state index contributed by atoms with van der Waals surface area (Å²) in [5.41, 5.74) is 5.71. The zero-order valence-corrected chi connectivity index (χ0v) is 19.8. The van der Waals surface area contributed by atoms with E-state index in [0.717, 1.165) is 35.5 Å². The van der Waals surface area contributed by atoms with Crippen LogP contribution in [0.4, 0.5) is 4.39 Å². The van der Waals surface area contributed by atoms with E-state index in [1.807, 2.05) is 39.4 Å². The third-order valence-electron chi connectivity index (χ3n) is 6.30. The van der Waals surface area contributed by atoms with E-state index in [9.17, 15) is 4.39 Å². The molecule has 0 N–H and O–H groups in total. The number of aryl methyl sites for hydroxylation is 3. The van der Waals surface area contributed by atoms with Gasteiger partial charge in [0.1, 0.15) is 17.0 Å². The number of ether oxygens (including phenoxy) is 1. The maximum atomic E-state index is 15.0. The first-order valence-electron chi connectivity index (χ1n) is 11.0. The molecule has 5 rings (SSSR count). The van der Waals surface area contributed by atoms with Crippen LogP contribution in [-0.4, -0.2) is 30.8 Å². The van der Waals surface area contributed by atoms with Gasteiger partial charge in [-0.3, -0.25) is 4.68 Å². The normalized spacial score (nSPS) is 21.0. The topological polar surface area (TPSA) is 65.7 Å². The molecule has 1 aliphatic rings. The van der Waals surface area contributed by atoms with E-state index < -0.39 is 5.82 Å². The lowest BCUT2D eigenvalue weighted by Gasteiger charge is -2.33. The Hall–Kier alpha value is -2.90. The summed E-state index contributed by atoms with van der Waals surface area (Å²) in [7, 11) is 1.90. The highest BCUT2D eigenvalue weighted by atomic mass is 35.5. The minimum absolute atomic E-state index is 0.0491. The maximum absolute atomic E-state index is 15.0. The van der Waals surface area contributed by atoms with Crippen molar-refractivity contribution in [3.63, 3.8) is 0 Å². The average Bonchev–Trinajstić information content (AvgIpc) is 3.20. The molecule has 3 aromatic heterocycles. The molecule has 0 aliphatic carbocycles. The van der Waals surface area contributed by atoms with Crippen LogP contribution in [0, 0.1) is 19.7 Å². The van der Waals surface area contributed by atoms with Gasteiger partial charge in [-0.15, -0.1) is 0 Å². The van der Waals surface area contributed by atoms with Crippen LogP contribution in [-0.2, 0) is 11.8 Å². The molecule has 0 radical (unpaired) electrons. The highest BCUT2D eigenvalue weighted by molar-refractivity contribution is 6.30. The summed E-state index contributed by atoms with van der Waals surface area (Å²) in [6.07, 6.45) is 5.38. The van der Waals surface area contributed by atoms with Crippen molar-refractivity contribution in [3.05, 3.63) is 70.1 Å². The highest BCUT2D eigenvalue weighted by Crippen LogP contribution is 2.41. The number of aromatic nitrogens is 5. The quantitative estimate of drug-likeness (QED) is 0.379. The second-order valence-electron chi connectivity index (χ2n) is 8.83. The van der Waals surface area contributed by atoms with Gasteiger partial charge < -0.3 is 4.74 Å². The number of halogens is 2. The largest absolute Gasteiger partial charge is 0.370 e. The molecule has 8 heteroatoms. The van der Waals surface area contributed by atoms with Gasteiger partial charge in [0, 0.05) is 41.0 Å². The molecule has 1 aliphatic heterocycles. The first-order chi connectivity index (χ1) is 15.8. The van der Waals surface area contributed by atoms with Gasteiger partial charge >= 0.3 is 0 Å². The van der Waals surface area contributed by atoms with Crippen molar-refractivity contribution in [1.29, 1.82) is 0 Å². The molecule has 170 valence electrons. The zero-order valence-electron chi connectivity index (χ0n) is 19.0. The van der Waals surface area contributed by atoms with Crippen LogP contribution in [0.3, 0.4) is 0 Å². The van der Waals surface area contributed by atoms with Gasteiger partial charge in [-0.05, 0) is 57.9 Å². The van der Waals surface area contributed by atoms with Crippen molar-refractivity contribution in [1.82, 2.24) is 24.7 Å². The predicted octanol–water partition coefficient (Wildman–Crippen LogP) is 5.86. The van der Waals surface area contributed by atoms with Crippen LogP contribution < -0.4 is 0 Å². The first-order valence-corrected chi connectivity index (χ1v) is 11.4. The fourth-order valence-corrected chi connectivity index (χ4v) is 4.70. The minimum Gasteiger partial charge on any atom is -0.370 e. The van der Waals surface area contributed by atoms with Crippen molar-refractivity contribution in [2.45, 2.75) is 51.7 Å². The molecule has 6 nitrogen and oxygen atoms in total. The van der Waals surface area contributed by atoms with E-state index in [0.29, 0.717) is 27.3 Å². The number of hydrogen-bond acceptors (Lipinski definition) is 5. The van der Waals surface area contributed by atoms with E-state index >= 15 is 0 Å². The molecular formula is C25H25ClFN5O. The summed E-state index contributed by atoms with van der Waals surface area (Å²) in [4.78, 5) is 14.5. The molecule has 1 saturated heterocycles. The molecule has 4 heterocycles. The number of pyridine rings is 1. The van der Waals surface area contributed by atoms with E-state index in [1.165, 1.54) is 6.07 Å². The number of benzene rings is 1. The second-order valence-corrected chi connectivity index (χ2v) is 9.27. The molecule has 4 aromatic rings. The molecule has 0 bridgehead atoms. The Balaban J connectivity index is 1.64. The molecule has 0 spiro atoms. The van der Waals surface area contributed by atoms with Crippen LogP contribution >= 0.6 is 11.6 Å². The lowest BCUT2D eigenvalue weighted by molar-refractivity contribution is -0.0506. The van der Waals surface area contributed by atoms with E-state index in [-0.39, 0.29) is 18.1 Å². The fourth-order valence-electron chi connectivity index (χ4n) is 4.54. The molecule has 0 saturated carbocycles. The van der Waals surface area contributed by atoms with Crippen LogP contribution in [0.1, 0.15) is 54.4 Å².